The number of carbonyl (C=O) groups is 2. The molecule has 2 unspecified atom stereocenters. The smallest absolute Gasteiger partial charge is 0.306 e. The zero-order valence-electron chi connectivity index (χ0n) is 11.6. The first kappa shape index (κ1) is 16.4. The lowest BCUT2D eigenvalue weighted by molar-refractivity contribution is -0.140. The number of carbonyl (C=O) groups excluding carboxylic acids is 2. The van der Waals surface area contributed by atoms with E-state index in [1.165, 1.54) is 7.11 Å². The van der Waals surface area contributed by atoms with Crippen LogP contribution >= 0.6 is 0 Å². The number of rotatable bonds is 7. The molecule has 1 amide bonds. The second-order valence-corrected chi connectivity index (χ2v) is 6.23. The maximum atomic E-state index is 11.9. The molecule has 0 spiro atoms. The molecule has 110 valence electrons. The van der Waals surface area contributed by atoms with Crippen LogP contribution in [0.2, 0.25) is 0 Å². The SMILES string of the molecule is COC(=O)CC(C)S(=O)CC(=O)NCc1ccccc1. The molecule has 0 saturated carbocycles. The quantitative estimate of drug-likeness (QED) is 0.762. The molecule has 20 heavy (non-hydrogen) atoms. The molecule has 1 N–H and O–H groups in total. The zero-order chi connectivity index (χ0) is 15.0. The third-order valence-electron chi connectivity index (χ3n) is 2.74. The number of esters is 1. The van der Waals surface area contributed by atoms with Gasteiger partial charge in [-0.3, -0.25) is 13.8 Å². The van der Waals surface area contributed by atoms with Gasteiger partial charge in [-0.2, -0.15) is 0 Å². The summed E-state index contributed by atoms with van der Waals surface area (Å²) >= 11 is 0. The van der Waals surface area contributed by atoms with Gasteiger partial charge in [-0.25, -0.2) is 0 Å². The first-order chi connectivity index (χ1) is 9.52. The highest BCUT2D eigenvalue weighted by atomic mass is 32.2. The van der Waals surface area contributed by atoms with E-state index >= 15 is 0 Å². The molecule has 0 bridgehead atoms. The molecule has 1 rings (SSSR count). The van der Waals surface area contributed by atoms with Crippen LogP contribution in [0.5, 0.6) is 0 Å². The zero-order valence-corrected chi connectivity index (χ0v) is 12.4. The van der Waals surface area contributed by atoms with Crippen LogP contribution in [0.3, 0.4) is 0 Å². The summed E-state index contributed by atoms with van der Waals surface area (Å²) in [6.07, 6.45) is 0.0507. The second kappa shape index (κ2) is 8.47. The number of amides is 1. The van der Waals surface area contributed by atoms with Crippen LogP contribution in [0.15, 0.2) is 30.3 Å². The standard InChI is InChI=1S/C14H19NO4S/c1-11(8-14(17)19-2)20(18)10-13(16)15-9-12-6-4-3-5-7-12/h3-7,11H,8-10H2,1-2H3,(H,15,16). The van der Waals surface area contributed by atoms with Gasteiger partial charge in [-0.05, 0) is 5.56 Å². The maximum absolute atomic E-state index is 11.9. The van der Waals surface area contributed by atoms with Crippen molar-refractivity contribution >= 4 is 22.7 Å². The Hall–Kier alpha value is -1.69. The van der Waals surface area contributed by atoms with Gasteiger partial charge in [0.2, 0.25) is 5.91 Å². The van der Waals surface area contributed by atoms with Crippen molar-refractivity contribution < 1.29 is 18.5 Å². The average Bonchev–Trinajstić information content (AvgIpc) is 2.45. The molecule has 6 heteroatoms. The van der Waals surface area contributed by atoms with Crippen molar-refractivity contribution in [2.45, 2.75) is 25.1 Å². The molecule has 1 aromatic rings. The average molecular weight is 297 g/mol. The highest BCUT2D eigenvalue weighted by Gasteiger charge is 2.18. The monoisotopic (exact) mass is 297 g/mol. The lowest BCUT2D eigenvalue weighted by atomic mass is 10.2. The summed E-state index contributed by atoms with van der Waals surface area (Å²) in [5.74, 6) is -0.815. The Bertz CT molecular complexity index is 475. The number of methoxy groups -OCH3 is 1. The Balaban J connectivity index is 2.34. The van der Waals surface area contributed by atoms with E-state index in [0.29, 0.717) is 6.54 Å². The fourth-order valence-electron chi connectivity index (χ4n) is 1.53. The van der Waals surface area contributed by atoms with Crippen LogP contribution in [-0.4, -0.2) is 34.2 Å². The summed E-state index contributed by atoms with van der Waals surface area (Å²) in [4.78, 5) is 22.7. The molecule has 0 fully saturated rings. The minimum Gasteiger partial charge on any atom is -0.469 e. The van der Waals surface area contributed by atoms with E-state index in [1.807, 2.05) is 30.3 Å². The molecular formula is C14H19NO4S. The van der Waals surface area contributed by atoms with Crippen LogP contribution < -0.4 is 5.32 Å². The van der Waals surface area contributed by atoms with E-state index in [-0.39, 0.29) is 18.1 Å². The molecule has 0 radical (unpaired) electrons. The van der Waals surface area contributed by atoms with Gasteiger partial charge in [0.1, 0.15) is 5.75 Å². The van der Waals surface area contributed by atoms with Crippen LogP contribution in [0.4, 0.5) is 0 Å². The van der Waals surface area contributed by atoms with Crippen LogP contribution in [-0.2, 0) is 31.7 Å². The third-order valence-corrected chi connectivity index (χ3v) is 4.35. The maximum Gasteiger partial charge on any atom is 0.306 e. The largest absolute Gasteiger partial charge is 0.469 e. The summed E-state index contributed by atoms with van der Waals surface area (Å²) in [7, 11) is -0.106. The number of hydrogen-bond acceptors (Lipinski definition) is 4. The second-order valence-electron chi connectivity index (χ2n) is 4.38. The van der Waals surface area contributed by atoms with Crippen molar-refractivity contribution in [1.82, 2.24) is 5.32 Å². The van der Waals surface area contributed by atoms with Gasteiger partial charge in [0, 0.05) is 22.6 Å². The third kappa shape index (κ3) is 5.97. The molecular weight excluding hydrogens is 278 g/mol. The predicted octanol–water partition coefficient (Wildman–Crippen LogP) is 1.00. The Labute approximate surface area is 121 Å². The van der Waals surface area contributed by atoms with Gasteiger partial charge in [0.25, 0.3) is 0 Å². The summed E-state index contributed by atoms with van der Waals surface area (Å²) in [6.45, 7) is 2.07. The first-order valence-electron chi connectivity index (χ1n) is 6.27. The van der Waals surface area contributed by atoms with Crippen LogP contribution in [0.1, 0.15) is 18.9 Å². The number of ether oxygens (including phenoxy) is 1. The molecule has 1 aromatic carbocycles. The number of nitrogens with one attached hydrogen (secondary N) is 1. The molecule has 0 aliphatic rings. The van der Waals surface area contributed by atoms with Crippen LogP contribution in [0, 0.1) is 0 Å². The van der Waals surface area contributed by atoms with Crippen molar-refractivity contribution in [3.63, 3.8) is 0 Å². The molecule has 0 aromatic heterocycles. The first-order valence-corrected chi connectivity index (χ1v) is 7.65. The van der Waals surface area contributed by atoms with E-state index in [1.54, 1.807) is 6.92 Å². The van der Waals surface area contributed by atoms with Crippen molar-refractivity contribution in [3.05, 3.63) is 35.9 Å². The Morgan fingerprint density at radius 2 is 1.95 bits per heavy atom. The summed E-state index contributed by atoms with van der Waals surface area (Å²) < 4.78 is 16.4. The van der Waals surface area contributed by atoms with Crippen LogP contribution in [0.25, 0.3) is 0 Å². The lowest BCUT2D eigenvalue weighted by Crippen LogP contribution is -2.31. The topological polar surface area (TPSA) is 72.5 Å². The lowest BCUT2D eigenvalue weighted by Gasteiger charge is -2.10. The fraction of sp³-hybridized carbons (Fsp3) is 0.429. The highest BCUT2D eigenvalue weighted by molar-refractivity contribution is 7.86. The summed E-state index contributed by atoms with van der Waals surface area (Å²) in [5.41, 5.74) is 0.981. The Morgan fingerprint density at radius 1 is 1.30 bits per heavy atom. The van der Waals surface area contributed by atoms with Gasteiger partial charge in [0.05, 0.1) is 13.5 Å². The molecule has 0 saturated heterocycles. The number of hydrogen-bond donors (Lipinski definition) is 1. The Kier molecular flexibility index (Phi) is 6.93. The highest BCUT2D eigenvalue weighted by Crippen LogP contribution is 2.03. The molecule has 2 atom stereocenters. The van der Waals surface area contributed by atoms with E-state index < -0.39 is 22.0 Å². The fourth-order valence-corrected chi connectivity index (χ4v) is 2.50. The van der Waals surface area contributed by atoms with E-state index in [2.05, 4.69) is 10.1 Å². The van der Waals surface area contributed by atoms with Gasteiger partial charge < -0.3 is 10.1 Å². The van der Waals surface area contributed by atoms with Crippen molar-refractivity contribution in [2.24, 2.45) is 0 Å². The molecule has 5 nitrogen and oxygen atoms in total. The minimum absolute atomic E-state index is 0.0507. The minimum atomic E-state index is -1.39. The van der Waals surface area contributed by atoms with Gasteiger partial charge in [-0.15, -0.1) is 0 Å². The van der Waals surface area contributed by atoms with Gasteiger partial charge in [-0.1, -0.05) is 37.3 Å². The molecule has 0 aliphatic heterocycles. The number of benzene rings is 1. The van der Waals surface area contributed by atoms with E-state index in [9.17, 15) is 13.8 Å². The van der Waals surface area contributed by atoms with Crippen molar-refractivity contribution in [1.29, 1.82) is 0 Å². The molecule has 0 aliphatic carbocycles. The summed E-state index contributed by atoms with van der Waals surface area (Å²) in [6, 6.07) is 9.47. The normalized spacial score (nSPS) is 13.3. The predicted molar refractivity (Wildman–Crippen MR) is 77.4 cm³/mol. The van der Waals surface area contributed by atoms with Crippen molar-refractivity contribution in [2.75, 3.05) is 12.9 Å². The van der Waals surface area contributed by atoms with Gasteiger partial charge in [0.15, 0.2) is 0 Å². The van der Waals surface area contributed by atoms with E-state index in [4.69, 9.17) is 0 Å². The van der Waals surface area contributed by atoms with Crippen molar-refractivity contribution in [3.8, 4) is 0 Å². The summed E-state index contributed by atoms with van der Waals surface area (Å²) in [5, 5.41) is 2.31. The van der Waals surface area contributed by atoms with Gasteiger partial charge >= 0.3 is 5.97 Å². The molecule has 0 heterocycles. The van der Waals surface area contributed by atoms with E-state index in [0.717, 1.165) is 5.56 Å². The Morgan fingerprint density at radius 3 is 2.55 bits per heavy atom.